The summed E-state index contributed by atoms with van der Waals surface area (Å²) in [6, 6.07) is 3.71. The van der Waals surface area contributed by atoms with Gasteiger partial charge in [-0.1, -0.05) is 0 Å². The summed E-state index contributed by atoms with van der Waals surface area (Å²) in [4.78, 5) is 30.0. The molecule has 0 saturated carbocycles. The van der Waals surface area contributed by atoms with E-state index in [4.69, 9.17) is 19.4 Å². The van der Waals surface area contributed by atoms with Crippen LogP contribution in [0.15, 0.2) is 18.3 Å². The summed E-state index contributed by atoms with van der Waals surface area (Å²) in [5, 5.41) is 7.12. The van der Waals surface area contributed by atoms with Gasteiger partial charge in [-0.15, -0.1) is 0 Å². The molecule has 8 nitrogen and oxygen atoms in total. The first-order valence-corrected chi connectivity index (χ1v) is 9.84. The maximum atomic E-state index is 12.8. The van der Waals surface area contributed by atoms with Crippen molar-refractivity contribution in [1.82, 2.24) is 14.8 Å². The van der Waals surface area contributed by atoms with E-state index in [2.05, 4.69) is 24.0 Å². The Morgan fingerprint density at radius 3 is 2.58 bits per heavy atom. The first-order valence-electron chi connectivity index (χ1n) is 9.84. The van der Waals surface area contributed by atoms with E-state index in [1.165, 1.54) is 0 Å². The number of likely N-dealkylation sites (N-methyl/N-ethyl adjacent to an activating group) is 1. The van der Waals surface area contributed by atoms with E-state index >= 15 is 0 Å². The van der Waals surface area contributed by atoms with Gasteiger partial charge >= 0.3 is 12.1 Å². The van der Waals surface area contributed by atoms with E-state index in [-0.39, 0.29) is 17.6 Å². The minimum atomic E-state index is -5.08. The molecule has 2 aliphatic rings. The number of carboxylic acids is 1. The van der Waals surface area contributed by atoms with Gasteiger partial charge in [0, 0.05) is 25.0 Å². The number of aliphatic carboxylic acids is 1. The number of hydrogen-bond donors (Lipinski definition) is 1. The number of carbonyl (C=O) groups excluding carboxylic acids is 1. The molecule has 11 heteroatoms. The van der Waals surface area contributed by atoms with Crippen molar-refractivity contribution in [3.63, 3.8) is 0 Å². The Labute approximate surface area is 178 Å². The molecule has 0 radical (unpaired) electrons. The molecular formula is C20H28F3N3O5. The number of carboxylic acid groups (broad SMARTS) is 1. The second-order valence-corrected chi connectivity index (χ2v) is 7.99. The van der Waals surface area contributed by atoms with E-state index in [1.54, 1.807) is 6.20 Å². The Morgan fingerprint density at radius 1 is 1.35 bits per heavy atom. The first-order chi connectivity index (χ1) is 14.4. The fourth-order valence-corrected chi connectivity index (χ4v) is 3.51. The van der Waals surface area contributed by atoms with Gasteiger partial charge in [0.2, 0.25) is 0 Å². The van der Waals surface area contributed by atoms with E-state index < -0.39 is 12.1 Å². The summed E-state index contributed by atoms with van der Waals surface area (Å²) in [5.74, 6) is -2.75. The highest BCUT2D eigenvalue weighted by Gasteiger charge is 2.44. The van der Waals surface area contributed by atoms with Crippen LogP contribution in [0.1, 0.15) is 28.9 Å². The Hall–Kier alpha value is -2.24. The summed E-state index contributed by atoms with van der Waals surface area (Å²) >= 11 is 0. The summed E-state index contributed by atoms with van der Waals surface area (Å²) < 4.78 is 43.8. The first kappa shape index (κ1) is 25.0. The number of pyridine rings is 1. The second kappa shape index (κ2) is 10.4. The van der Waals surface area contributed by atoms with Crippen LogP contribution in [0.4, 0.5) is 13.2 Å². The summed E-state index contributed by atoms with van der Waals surface area (Å²) in [7, 11) is 4.11. The van der Waals surface area contributed by atoms with Crippen LogP contribution in [0.2, 0.25) is 0 Å². The van der Waals surface area contributed by atoms with Crippen LogP contribution >= 0.6 is 0 Å². The van der Waals surface area contributed by atoms with Crippen LogP contribution in [0, 0.1) is 6.92 Å². The van der Waals surface area contributed by atoms with Gasteiger partial charge < -0.3 is 24.4 Å². The molecule has 1 amide bonds. The maximum Gasteiger partial charge on any atom is 0.490 e. The largest absolute Gasteiger partial charge is 0.490 e. The molecule has 2 saturated heterocycles. The highest BCUT2D eigenvalue weighted by molar-refractivity contribution is 5.94. The van der Waals surface area contributed by atoms with Crippen LogP contribution in [0.3, 0.4) is 0 Å². The topological polar surface area (TPSA) is 92.2 Å². The van der Waals surface area contributed by atoms with Crippen LogP contribution in [0.5, 0.6) is 0 Å². The van der Waals surface area contributed by atoms with Gasteiger partial charge in [0.25, 0.3) is 5.91 Å². The highest BCUT2D eigenvalue weighted by Crippen LogP contribution is 2.33. The number of halogens is 3. The molecule has 2 fully saturated rings. The molecule has 3 heterocycles. The molecule has 1 N–H and O–H groups in total. The molecule has 0 aromatic carbocycles. The Bertz CT molecular complexity index is 757. The summed E-state index contributed by atoms with van der Waals surface area (Å²) in [6.07, 6.45) is -1.28. The Morgan fingerprint density at radius 2 is 2.03 bits per heavy atom. The van der Waals surface area contributed by atoms with Gasteiger partial charge in [-0.3, -0.25) is 9.78 Å². The van der Waals surface area contributed by atoms with Crippen molar-refractivity contribution in [2.24, 2.45) is 0 Å². The zero-order valence-electron chi connectivity index (χ0n) is 17.8. The smallest absolute Gasteiger partial charge is 0.475 e. The number of rotatable bonds is 3. The minimum Gasteiger partial charge on any atom is -0.475 e. The average molecular weight is 447 g/mol. The van der Waals surface area contributed by atoms with Crippen molar-refractivity contribution in [3.8, 4) is 0 Å². The lowest BCUT2D eigenvalue weighted by Gasteiger charge is -2.32. The molecule has 2 unspecified atom stereocenters. The number of carbonyl (C=O) groups is 2. The predicted octanol–water partition coefficient (Wildman–Crippen LogP) is 1.98. The number of aromatic nitrogens is 1. The normalized spacial score (nSPS) is 24.0. The second-order valence-electron chi connectivity index (χ2n) is 7.99. The third-order valence-corrected chi connectivity index (χ3v) is 4.95. The number of hydrogen-bond acceptors (Lipinski definition) is 6. The van der Waals surface area contributed by atoms with Gasteiger partial charge in [0.05, 0.1) is 31.4 Å². The van der Waals surface area contributed by atoms with E-state index in [0.717, 1.165) is 25.1 Å². The molecule has 0 bridgehead atoms. The van der Waals surface area contributed by atoms with Crippen molar-refractivity contribution >= 4 is 11.9 Å². The quantitative estimate of drug-likeness (QED) is 0.758. The monoisotopic (exact) mass is 447 g/mol. The molecule has 2 atom stereocenters. The van der Waals surface area contributed by atoms with Crippen LogP contribution < -0.4 is 0 Å². The van der Waals surface area contributed by atoms with Crippen LogP contribution in [0.25, 0.3) is 0 Å². The van der Waals surface area contributed by atoms with Crippen molar-refractivity contribution in [2.45, 2.75) is 37.6 Å². The SMILES string of the molecule is Cc1ccc(C(=O)N2CCOCC3(CCC(CN(C)C)O3)C2)cn1.O=C(O)C(F)(F)F. The predicted molar refractivity (Wildman–Crippen MR) is 105 cm³/mol. The lowest BCUT2D eigenvalue weighted by molar-refractivity contribution is -0.192. The molecule has 2 aliphatic heterocycles. The molecule has 1 spiro atoms. The molecule has 31 heavy (non-hydrogen) atoms. The van der Waals surface area contributed by atoms with Crippen molar-refractivity contribution in [3.05, 3.63) is 29.6 Å². The highest BCUT2D eigenvalue weighted by atomic mass is 19.4. The molecule has 3 rings (SSSR count). The Kier molecular flexibility index (Phi) is 8.38. The van der Waals surface area contributed by atoms with E-state index in [0.29, 0.717) is 31.9 Å². The number of ether oxygens (including phenoxy) is 2. The average Bonchev–Trinajstić information content (AvgIpc) is 2.92. The number of amides is 1. The van der Waals surface area contributed by atoms with Crippen molar-refractivity contribution in [1.29, 1.82) is 0 Å². The molecular weight excluding hydrogens is 419 g/mol. The van der Waals surface area contributed by atoms with Crippen LogP contribution in [-0.2, 0) is 14.3 Å². The summed E-state index contributed by atoms with van der Waals surface area (Å²) in [6.45, 7) is 5.11. The minimum absolute atomic E-state index is 0.00651. The maximum absolute atomic E-state index is 12.8. The molecule has 1 aromatic heterocycles. The molecule has 0 aliphatic carbocycles. The van der Waals surface area contributed by atoms with Gasteiger partial charge in [-0.05, 0) is 46.0 Å². The Balaban J connectivity index is 0.000000423. The zero-order valence-corrected chi connectivity index (χ0v) is 17.8. The van der Waals surface area contributed by atoms with Gasteiger partial charge in [0.15, 0.2) is 0 Å². The van der Waals surface area contributed by atoms with Crippen molar-refractivity contribution in [2.75, 3.05) is 46.9 Å². The standard InChI is InChI=1S/C18H27N3O3.C2HF3O2/c1-14-4-5-15(10-19-14)17(22)21-8-9-23-13-18(12-21)7-6-16(24-18)11-20(2)3;3-2(4,5)1(6)7/h4-5,10,16H,6-9,11-13H2,1-3H3;(H,6,7). The van der Waals surface area contributed by atoms with E-state index in [1.807, 2.05) is 24.0 Å². The fourth-order valence-electron chi connectivity index (χ4n) is 3.51. The zero-order chi connectivity index (χ0) is 23.2. The fraction of sp³-hybridized carbons (Fsp3) is 0.650. The summed E-state index contributed by atoms with van der Waals surface area (Å²) in [5.41, 5.74) is 1.17. The van der Waals surface area contributed by atoms with Gasteiger partial charge in [-0.25, -0.2) is 4.79 Å². The van der Waals surface area contributed by atoms with Gasteiger partial charge in [0.1, 0.15) is 5.60 Å². The molecule has 174 valence electrons. The number of aryl methyl sites for hydroxylation is 1. The van der Waals surface area contributed by atoms with E-state index in [9.17, 15) is 18.0 Å². The lowest BCUT2D eigenvalue weighted by atomic mass is 9.99. The number of nitrogens with zero attached hydrogens (tertiary/aromatic N) is 3. The molecule has 1 aromatic rings. The number of alkyl halides is 3. The van der Waals surface area contributed by atoms with Gasteiger partial charge in [-0.2, -0.15) is 13.2 Å². The van der Waals surface area contributed by atoms with Crippen molar-refractivity contribution < 1.29 is 37.3 Å². The lowest BCUT2D eigenvalue weighted by Crippen LogP contribution is -2.47. The van der Waals surface area contributed by atoms with Crippen LogP contribution in [-0.4, -0.2) is 96.6 Å². The third kappa shape index (κ3) is 7.44. The third-order valence-electron chi connectivity index (χ3n) is 4.95.